The van der Waals surface area contributed by atoms with E-state index in [2.05, 4.69) is 17.2 Å². The van der Waals surface area contributed by atoms with Gasteiger partial charge in [0.15, 0.2) is 0 Å². The van der Waals surface area contributed by atoms with Gasteiger partial charge in [-0.15, -0.1) is 0 Å². The first kappa shape index (κ1) is 11.9. The number of aromatic nitrogens is 1. The standard InChI is InChI=1S/C13H18N2O2/c1-3-13(7-4-8-13)15-11-6-5-10(12(16)17)9(2)14-11/h5-6H,3-4,7-8H2,1-2H3,(H,14,15)(H,16,17). The molecule has 1 aromatic rings. The van der Waals surface area contributed by atoms with E-state index >= 15 is 0 Å². The number of nitrogens with one attached hydrogen (secondary N) is 1. The number of pyridine rings is 1. The van der Waals surface area contributed by atoms with Gasteiger partial charge in [-0.3, -0.25) is 0 Å². The van der Waals surface area contributed by atoms with E-state index in [4.69, 9.17) is 5.11 Å². The molecule has 2 rings (SSSR count). The van der Waals surface area contributed by atoms with Crippen LogP contribution in [-0.4, -0.2) is 21.6 Å². The van der Waals surface area contributed by atoms with Crippen molar-refractivity contribution in [3.05, 3.63) is 23.4 Å². The predicted molar refractivity (Wildman–Crippen MR) is 66.4 cm³/mol. The zero-order chi connectivity index (χ0) is 12.5. The second-order valence-electron chi connectivity index (χ2n) is 4.75. The van der Waals surface area contributed by atoms with Gasteiger partial charge in [-0.1, -0.05) is 6.92 Å². The molecule has 4 nitrogen and oxygen atoms in total. The fourth-order valence-electron chi connectivity index (χ4n) is 2.30. The van der Waals surface area contributed by atoms with Crippen molar-refractivity contribution in [2.75, 3.05) is 5.32 Å². The molecule has 0 radical (unpaired) electrons. The molecule has 1 aliphatic carbocycles. The highest BCUT2D eigenvalue weighted by molar-refractivity contribution is 5.89. The van der Waals surface area contributed by atoms with Gasteiger partial charge in [0.05, 0.1) is 11.3 Å². The van der Waals surface area contributed by atoms with Gasteiger partial charge in [-0.25, -0.2) is 9.78 Å². The second-order valence-corrected chi connectivity index (χ2v) is 4.75. The summed E-state index contributed by atoms with van der Waals surface area (Å²) in [6.45, 7) is 3.90. The number of aromatic carboxylic acids is 1. The minimum Gasteiger partial charge on any atom is -0.478 e. The Bertz CT molecular complexity index is 434. The Morgan fingerprint density at radius 1 is 1.53 bits per heavy atom. The third-order valence-electron chi connectivity index (χ3n) is 3.70. The van der Waals surface area contributed by atoms with E-state index in [1.807, 2.05) is 0 Å². The van der Waals surface area contributed by atoms with Crippen LogP contribution < -0.4 is 5.32 Å². The lowest BCUT2D eigenvalue weighted by Crippen LogP contribution is -2.44. The van der Waals surface area contributed by atoms with Gasteiger partial charge in [0.2, 0.25) is 0 Å². The molecule has 0 atom stereocenters. The Morgan fingerprint density at radius 3 is 2.65 bits per heavy atom. The van der Waals surface area contributed by atoms with Crippen LogP contribution >= 0.6 is 0 Å². The molecule has 4 heteroatoms. The van der Waals surface area contributed by atoms with Gasteiger partial charge in [0.1, 0.15) is 5.82 Å². The van der Waals surface area contributed by atoms with Crippen LogP contribution in [0.1, 0.15) is 48.7 Å². The average Bonchev–Trinajstić information content (AvgIpc) is 2.23. The molecule has 0 aliphatic heterocycles. The van der Waals surface area contributed by atoms with Crippen molar-refractivity contribution in [2.24, 2.45) is 0 Å². The number of hydrogen-bond donors (Lipinski definition) is 2. The van der Waals surface area contributed by atoms with Crippen LogP contribution in [0.3, 0.4) is 0 Å². The van der Waals surface area contributed by atoms with Crippen LogP contribution in [0, 0.1) is 6.92 Å². The molecular weight excluding hydrogens is 216 g/mol. The Morgan fingerprint density at radius 2 is 2.24 bits per heavy atom. The van der Waals surface area contributed by atoms with E-state index in [0.717, 1.165) is 12.2 Å². The van der Waals surface area contributed by atoms with Crippen LogP contribution in [0.4, 0.5) is 5.82 Å². The molecular formula is C13H18N2O2. The molecule has 0 aromatic carbocycles. The summed E-state index contributed by atoms with van der Waals surface area (Å²) in [4.78, 5) is 15.2. The normalized spacial score (nSPS) is 17.3. The van der Waals surface area contributed by atoms with Crippen molar-refractivity contribution in [3.63, 3.8) is 0 Å². The molecule has 2 N–H and O–H groups in total. The second kappa shape index (κ2) is 4.35. The first-order chi connectivity index (χ1) is 8.06. The lowest BCUT2D eigenvalue weighted by molar-refractivity contribution is 0.0695. The van der Waals surface area contributed by atoms with Crippen molar-refractivity contribution < 1.29 is 9.90 Å². The van der Waals surface area contributed by atoms with Crippen molar-refractivity contribution >= 4 is 11.8 Å². The molecule has 1 aromatic heterocycles. The summed E-state index contributed by atoms with van der Waals surface area (Å²) in [6, 6.07) is 3.38. The predicted octanol–water partition coefficient (Wildman–Crippen LogP) is 2.83. The number of rotatable bonds is 4. The van der Waals surface area contributed by atoms with E-state index in [1.165, 1.54) is 19.3 Å². The lowest BCUT2D eigenvalue weighted by atomic mass is 9.75. The van der Waals surface area contributed by atoms with E-state index < -0.39 is 5.97 Å². The molecule has 1 aliphatic rings. The summed E-state index contributed by atoms with van der Waals surface area (Å²) >= 11 is 0. The highest BCUT2D eigenvalue weighted by Crippen LogP contribution is 2.37. The smallest absolute Gasteiger partial charge is 0.337 e. The third-order valence-corrected chi connectivity index (χ3v) is 3.70. The van der Waals surface area contributed by atoms with Crippen LogP contribution in [0.2, 0.25) is 0 Å². The maximum atomic E-state index is 10.9. The summed E-state index contributed by atoms with van der Waals surface area (Å²) in [5.74, 6) is -0.135. The Balaban J connectivity index is 2.17. The average molecular weight is 234 g/mol. The Hall–Kier alpha value is -1.58. The summed E-state index contributed by atoms with van der Waals surface area (Å²) in [7, 11) is 0. The van der Waals surface area contributed by atoms with Crippen LogP contribution in [-0.2, 0) is 0 Å². The molecule has 1 heterocycles. The van der Waals surface area contributed by atoms with E-state index in [0.29, 0.717) is 5.69 Å². The monoisotopic (exact) mass is 234 g/mol. The number of carbonyl (C=O) groups is 1. The van der Waals surface area contributed by atoms with Gasteiger partial charge in [0.25, 0.3) is 0 Å². The van der Waals surface area contributed by atoms with Crippen molar-refractivity contribution in [2.45, 2.75) is 45.1 Å². The topological polar surface area (TPSA) is 62.2 Å². The minimum atomic E-state index is -0.921. The van der Waals surface area contributed by atoms with Crippen molar-refractivity contribution in [3.8, 4) is 0 Å². The SMILES string of the molecule is CCC1(Nc2ccc(C(=O)O)c(C)n2)CCC1. The van der Waals surface area contributed by atoms with Crippen LogP contribution in [0.5, 0.6) is 0 Å². The largest absolute Gasteiger partial charge is 0.478 e. The number of anilines is 1. The first-order valence-electron chi connectivity index (χ1n) is 6.05. The Labute approximate surface area is 101 Å². The maximum absolute atomic E-state index is 10.9. The number of carboxylic acid groups (broad SMARTS) is 1. The van der Waals surface area contributed by atoms with E-state index in [-0.39, 0.29) is 11.1 Å². The number of aryl methyl sites for hydroxylation is 1. The van der Waals surface area contributed by atoms with Gasteiger partial charge >= 0.3 is 5.97 Å². The van der Waals surface area contributed by atoms with E-state index in [9.17, 15) is 4.79 Å². The van der Waals surface area contributed by atoms with E-state index in [1.54, 1.807) is 19.1 Å². The molecule has 0 unspecified atom stereocenters. The zero-order valence-electron chi connectivity index (χ0n) is 10.3. The molecule has 0 bridgehead atoms. The third kappa shape index (κ3) is 2.25. The van der Waals surface area contributed by atoms with Gasteiger partial charge < -0.3 is 10.4 Å². The van der Waals surface area contributed by atoms with Gasteiger partial charge in [-0.05, 0) is 44.7 Å². The quantitative estimate of drug-likeness (QED) is 0.841. The summed E-state index contributed by atoms with van der Waals surface area (Å²) in [6.07, 6.45) is 4.68. The molecule has 1 fully saturated rings. The zero-order valence-corrected chi connectivity index (χ0v) is 10.3. The first-order valence-corrected chi connectivity index (χ1v) is 6.05. The van der Waals surface area contributed by atoms with Gasteiger partial charge in [0, 0.05) is 5.54 Å². The number of carboxylic acids is 1. The molecule has 17 heavy (non-hydrogen) atoms. The molecule has 0 saturated heterocycles. The highest BCUT2D eigenvalue weighted by atomic mass is 16.4. The van der Waals surface area contributed by atoms with Crippen molar-refractivity contribution in [1.29, 1.82) is 0 Å². The van der Waals surface area contributed by atoms with Crippen molar-refractivity contribution in [1.82, 2.24) is 4.98 Å². The molecule has 0 spiro atoms. The lowest BCUT2D eigenvalue weighted by Gasteiger charge is -2.42. The molecule has 0 amide bonds. The molecule has 1 saturated carbocycles. The summed E-state index contributed by atoms with van der Waals surface area (Å²) in [5, 5.41) is 12.4. The van der Waals surface area contributed by atoms with Gasteiger partial charge in [-0.2, -0.15) is 0 Å². The fraction of sp³-hybridized carbons (Fsp3) is 0.538. The number of nitrogens with zero attached hydrogens (tertiary/aromatic N) is 1. The maximum Gasteiger partial charge on any atom is 0.337 e. The van der Waals surface area contributed by atoms with Crippen LogP contribution in [0.15, 0.2) is 12.1 Å². The highest BCUT2D eigenvalue weighted by Gasteiger charge is 2.35. The fourth-order valence-corrected chi connectivity index (χ4v) is 2.30. The molecule has 92 valence electrons. The van der Waals surface area contributed by atoms with Crippen LogP contribution in [0.25, 0.3) is 0 Å². The number of hydrogen-bond acceptors (Lipinski definition) is 3. The summed E-state index contributed by atoms with van der Waals surface area (Å²) in [5.41, 5.74) is 1.02. The Kier molecular flexibility index (Phi) is 3.05. The summed E-state index contributed by atoms with van der Waals surface area (Å²) < 4.78 is 0. The minimum absolute atomic E-state index is 0.185.